The Bertz CT molecular complexity index is 408. The standard InChI is InChI=1S/C12H18N2O2S/c1-9(2)14-6-4-10(13-14)8-12(11(15)16)5-3-7-17-12/h4,6,9H,3,5,7-8H2,1-2H3,(H,15,16). The van der Waals surface area contributed by atoms with E-state index < -0.39 is 10.7 Å². The van der Waals surface area contributed by atoms with Crippen molar-refractivity contribution in [3.05, 3.63) is 18.0 Å². The molecule has 2 heterocycles. The van der Waals surface area contributed by atoms with E-state index in [-0.39, 0.29) is 0 Å². The van der Waals surface area contributed by atoms with E-state index in [4.69, 9.17) is 0 Å². The van der Waals surface area contributed by atoms with Gasteiger partial charge in [0, 0.05) is 18.7 Å². The Hall–Kier alpha value is -0.970. The van der Waals surface area contributed by atoms with Crippen LogP contribution in [0.1, 0.15) is 38.4 Å². The van der Waals surface area contributed by atoms with Crippen molar-refractivity contribution in [1.82, 2.24) is 9.78 Å². The summed E-state index contributed by atoms with van der Waals surface area (Å²) in [6, 6.07) is 2.25. The Kier molecular flexibility index (Phi) is 3.47. The lowest BCUT2D eigenvalue weighted by Gasteiger charge is -2.21. The molecule has 1 fully saturated rings. The largest absolute Gasteiger partial charge is 0.480 e. The Morgan fingerprint density at radius 1 is 1.71 bits per heavy atom. The van der Waals surface area contributed by atoms with Gasteiger partial charge in [-0.2, -0.15) is 5.10 Å². The first kappa shape index (κ1) is 12.5. The Morgan fingerprint density at radius 3 is 2.94 bits per heavy atom. The third-order valence-electron chi connectivity index (χ3n) is 3.15. The highest BCUT2D eigenvalue weighted by molar-refractivity contribution is 8.01. The number of hydrogen-bond acceptors (Lipinski definition) is 3. The third kappa shape index (κ3) is 2.49. The molecule has 17 heavy (non-hydrogen) atoms. The summed E-state index contributed by atoms with van der Waals surface area (Å²) in [4.78, 5) is 11.4. The molecule has 0 saturated carbocycles. The molecule has 2 rings (SSSR count). The van der Waals surface area contributed by atoms with Crippen molar-refractivity contribution in [3.63, 3.8) is 0 Å². The quantitative estimate of drug-likeness (QED) is 0.896. The highest BCUT2D eigenvalue weighted by atomic mass is 32.2. The van der Waals surface area contributed by atoms with Gasteiger partial charge in [-0.1, -0.05) is 0 Å². The molecule has 1 aliphatic heterocycles. The fourth-order valence-electron chi connectivity index (χ4n) is 2.13. The maximum Gasteiger partial charge on any atom is 0.320 e. The lowest BCUT2D eigenvalue weighted by atomic mass is 9.97. The van der Waals surface area contributed by atoms with Crippen LogP contribution in [-0.4, -0.2) is 31.4 Å². The van der Waals surface area contributed by atoms with E-state index in [0.717, 1.165) is 24.3 Å². The zero-order valence-corrected chi connectivity index (χ0v) is 11.0. The summed E-state index contributed by atoms with van der Waals surface area (Å²) in [6.45, 7) is 4.13. The van der Waals surface area contributed by atoms with Gasteiger partial charge in [0.2, 0.25) is 0 Å². The molecule has 1 unspecified atom stereocenters. The maximum atomic E-state index is 11.4. The minimum absolute atomic E-state index is 0.320. The number of thioether (sulfide) groups is 1. The van der Waals surface area contributed by atoms with E-state index in [0.29, 0.717) is 12.5 Å². The van der Waals surface area contributed by atoms with Crippen molar-refractivity contribution < 1.29 is 9.90 Å². The second-order valence-corrected chi connectivity index (χ2v) is 6.29. The van der Waals surface area contributed by atoms with Gasteiger partial charge in [0.15, 0.2) is 0 Å². The normalized spacial score (nSPS) is 24.4. The molecule has 0 spiro atoms. The van der Waals surface area contributed by atoms with Crippen molar-refractivity contribution in [2.24, 2.45) is 0 Å². The number of hydrogen-bond donors (Lipinski definition) is 1. The van der Waals surface area contributed by atoms with E-state index >= 15 is 0 Å². The van der Waals surface area contributed by atoms with Crippen LogP contribution in [0.2, 0.25) is 0 Å². The molecule has 0 aliphatic carbocycles. The van der Waals surface area contributed by atoms with E-state index in [1.165, 1.54) is 0 Å². The second-order valence-electron chi connectivity index (χ2n) is 4.81. The summed E-state index contributed by atoms with van der Waals surface area (Å²) in [5.74, 6) is 0.246. The summed E-state index contributed by atoms with van der Waals surface area (Å²) in [5, 5.41) is 13.8. The predicted molar refractivity (Wildman–Crippen MR) is 68.4 cm³/mol. The van der Waals surface area contributed by atoms with Crippen LogP contribution in [0, 0.1) is 0 Å². The van der Waals surface area contributed by atoms with Gasteiger partial charge in [-0.05, 0) is 38.5 Å². The van der Waals surface area contributed by atoms with Crippen LogP contribution in [-0.2, 0) is 11.2 Å². The summed E-state index contributed by atoms with van der Waals surface area (Å²) < 4.78 is 1.24. The zero-order valence-electron chi connectivity index (χ0n) is 10.2. The van der Waals surface area contributed by atoms with Crippen LogP contribution in [0.15, 0.2) is 12.3 Å². The number of carboxylic acid groups (broad SMARTS) is 1. The summed E-state index contributed by atoms with van der Waals surface area (Å²) in [5.41, 5.74) is 0.885. The van der Waals surface area contributed by atoms with Crippen molar-refractivity contribution in [3.8, 4) is 0 Å². The Labute approximate surface area is 105 Å². The topological polar surface area (TPSA) is 55.1 Å². The lowest BCUT2D eigenvalue weighted by molar-refractivity contribution is -0.139. The fraction of sp³-hybridized carbons (Fsp3) is 0.667. The molecular weight excluding hydrogens is 236 g/mol. The van der Waals surface area contributed by atoms with Crippen LogP contribution in [0.25, 0.3) is 0 Å². The molecule has 0 bridgehead atoms. The molecule has 4 nitrogen and oxygen atoms in total. The van der Waals surface area contributed by atoms with Crippen molar-refractivity contribution >= 4 is 17.7 Å². The van der Waals surface area contributed by atoms with E-state index in [9.17, 15) is 9.90 Å². The van der Waals surface area contributed by atoms with Crippen molar-refractivity contribution in [2.45, 2.75) is 43.9 Å². The van der Waals surface area contributed by atoms with Crippen LogP contribution in [0.3, 0.4) is 0 Å². The number of rotatable bonds is 4. The zero-order chi connectivity index (χ0) is 12.5. The fourth-order valence-corrected chi connectivity index (χ4v) is 3.47. The maximum absolute atomic E-state index is 11.4. The summed E-state index contributed by atoms with van der Waals surface area (Å²) >= 11 is 1.56. The van der Waals surface area contributed by atoms with E-state index in [1.54, 1.807) is 11.8 Å². The number of carbonyl (C=O) groups is 1. The van der Waals surface area contributed by atoms with Crippen molar-refractivity contribution in [1.29, 1.82) is 0 Å². The highest BCUT2D eigenvalue weighted by Gasteiger charge is 2.42. The Balaban J connectivity index is 2.15. The first-order valence-corrected chi connectivity index (χ1v) is 6.93. The minimum Gasteiger partial charge on any atom is -0.480 e. The van der Waals surface area contributed by atoms with Gasteiger partial charge >= 0.3 is 5.97 Å². The van der Waals surface area contributed by atoms with Crippen LogP contribution in [0.4, 0.5) is 0 Å². The third-order valence-corrected chi connectivity index (χ3v) is 4.72. The molecule has 1 N–H and O–H groups in total. The number of carboxylic acids is 1. The molecule has 0 radical (unpaired) electrons. The Morgan fingerprint density at radius 2 is 2.47 bits per heavy atom. The highest BCUT2D eigenvalue weighted by Crippen LogP contribution is 2.40. The van der Waals surface area contributed by atoms with E-state index in [1.807, 2.05) is 16.9 Å². The van der Waals surface area contributed by atoms with Crippen LogP contribution in [0.5, 0.6) is 0 Å². The predicted octanol–water partition coefficient (Wildman–Crippen LogP) is 2.36. The first-order valence-electron chi connectivity index (χ1n) is 5.95. The SMILES string of the molecule is CC(C)n1ccc(CC2(C(=O)O)CCCS2)n1. The van der Waals surface area contributed by atoms with Gasteiger partial charge < -0.3 is 5.11 Å². The summed E-state index contributed by atoms with van der Waals surface area (Å²) in [7, 11) is 0. The molecule has 1 aliphatic rings. The molecule has 94 valence electrons. The molecule has 1 atom stereocenters. The number of aliphatic carboxylic acids is 1. The van der Waals surface area contributed by atoms with Gasteiger partial charge in [-0.25, -0.2) is 0 Å². The molecule has 5 heteroatoms. The number of aromatic nitrogens is 2. The molecule has 1 aromatic heterocycles. The minimum atomic E-state index is -0.695. The van der Waals surface area contributed by atoms with Gasteiger partial charge in [0.1, 0.15) is 4.75 Å². The van der Waals surface area contributed by atoms with Gasteiger partial charge in [0.25, 0.3) is 0 Å². The smallest absolute Gasteiger partial charge is 0.320 e. The van der Waals surface area contributed by atoms with Gasteiger partial charge in [-0.15, -0.1) is 11.8 Å². The van der Waals surface area contributed by atoms with Crippen molar-refractivity contribution in [2.75, 3.05) is 5.75 Å². The molecular formula is C12H18N2O2S. The molecule has 0 aromatic carbocycles. The first-order chi connectivity index (χ1) is 8.03. The van der Waals surface area contributed by atoms with Crippen LogP contribution >= 0.6 is 11.8 Å². The second kappa shape index (κ2) is 4.72. The average Bonchev–Trinajstić information content (AvgIpc) is 2.88. The van der Waals surface area contributed by atoms with E-state index in [2.05, 4.69) is 18.9 Å². The summed E-state index contributed by atoms with van der Waals surface area (Å²) in [6.07, 6.45) is 4.20. The molecule has 1 saturated heterocycles. The van der Waals surface area contributed by atoms with Gasteiger partial charge in [-0.3, -0.25) is 9.48 Å². The monoisotopic (exact) mass is 254 g/mol. The lowest BCUT2D eigenvalue weighted by Crippen LogP contribution is -2.35. The molecule has 0 amide bonds. The number of nitrogens with zero attached hydrogens (tertiary/aromatic N) is 2. The van der Waals surface area contributed by atoms with Crippen LogP contribution < -0.4 is 0 Å². The van der Waals surface area contributed by atoms with Gasteiger partial charge in [0.05, 0.1) is 5.69 Å². The molecule has 1 aromatic rings. The average molecular weight is 254 g/mol.